The van der Waals surface area contributed by atoms with Crippen LogP contribution >= 0.6 is 0 Å². The van der Waals surface area contributed by atoms with Gasteiger partial charge in [0.05, 0.1) is 22.5 Å². The van der Waals surface area contributed by atoms with E-state index in [4.69, 9.17) is 5.73 Å². The second-order valence-corrected chi connectivity index (χ2v) is 6.27. The number of carboxylic acids is 1. The van der Waals surface area contributed by atoms with Gasteiger partial charge in [0.15, 0.2) is 0 Å². The lowest BCUT2D eigenvalue weighted by Gasteiger charge is -2.12. The molecule has 0 amide bonds. The van der Waals surface area contributed by atoms with E-state index in [-0.39, 0.29) is 16.8 Å². The third kappa shape index (κ3) is 2.95. The van der Waals surface area contributed by atoms with Crippen LogP contribution in [0.2, 0.25) is 0 Å². The van der Waals surface area contributed by atoms with E-state index in [0.29, 0.717) is 27.7 Å². The van der Waals surface area contributed by atoms with Gasteiger partial charge in [-0.15, -0.1) is 0 Å². The number of para-hydroxylation sites is 1. The summed E-state index contributed by atoms with van der Waals surface area (Å²) >= 11 is 0. The van der Waals surface area contributed by atoms with Crippen molar-refractivity contribution in [1.29, 1.82) is 0 Å². The number of aromatic carboxylic acids is 1. The van der Waals surface area contributed by atoms with Crippen LogP contribution in [0.15, 0.2) is 66.7 Å². The van der Waals surface area contributed by atoms with E-state index in [0.717, 1.165) is 6.07 Å². The van der Waals surface area contributed by atoms with Crippen molar-refractivity contribution in [3.05, 3.63) is 83.9 Å². The monoisotopic (exact) mass is 376 g/mol. The Bertz CT molecular complexity index is 1220. The van der Waals surface area contributed by atoms with Crippen LogP contribution in [-0.4, -0.2) is 16.1 Å². The number of nitrogens with two attached hydrogens (primary N) is 1. The number of aromatic nitrogens is 1. The molecule has 4 rings (SSSR count). The van der Waals surface area contributed by atoms with Crippen molar-refractivity contribution in [3.8, 4) is 22.4 Å². The highest BCUT2D eigenvalue weighted by molar-refractivity contribution is 6.09. The average Bonchev–Trinajstić information content (AvgIpc) is 2.67. The number of nitrogen functional groups attached to an aromatic ring is 1. The molecule has 28 heavy (non-hydrogen) atoms. The van der Waals surface area contributed by atoms with E-state index >= 15 is 0 Å². The first-order valence-electron chi connectivity index (χ1n) is 8.43. The highest BCUT2D eigenvalue weighted by Crippen LogP contribution is 2.33. The molecule has 0 atom stereocenters. The third-order valence-corrected chi connectivity index (χ3v) is 4.54. The molecule has 6 heteroatoms. The highest BCUT2D eigenvalue weighted by atomic mass is 19.1. The number of benzene rings is 3. The minimum atomic E-state index is -1.14. The molecular formula is C22H14F2N2O2. The number of carboxylic acid groups (broad SMARTS) is 1. The molecule has 0 saturated heterocycles. The smallest absolute Gasteiger partial charge is 0.338 e. The zero-order chi connectivity index (χ0) is 19.8. The molecule has 0 aliphatic carbocycles. The van der Waals surface area contributed by atoms with Gasteiger partial charge in [0, 0.05) is 22.6 Å². The Balaban J connectivity index is 1.85. The molecule has 0 spiro atoms. The van der Waals surface area contributed by atoms with Crippen LogP contribution in [-0.2, 0) is 0 Å². The van der Waals surface area contributed by atoms with Gasteiger partial charge in [0.2, 0.25) is 0 Å². The standard InChI is InChI=1S/C22H14F2N2O2/c23-14-9-10-15(17(24)11-14)12-5-7-13(8-6-12)21-20(25)19(22(27)28)16-3-1-2-4-18(16)26-21/h1-11H,25H2,(H,27,28). The molecule has 0 saturated carbocycles. The molecule has 4 nitrogen and oxygen atoms in total. The maximum Gasteiger partial charge on any atom is 0.338 e. The van der Waals surface area contributed by atoms with Gasteiger partial charge in [-0.25, -0.2) is 18.6 Å². The first-order chi connectivity index (χ1) is 13.5. The van der Waals surface area contributed by atoms with Gasteiger partial charge in [0.25, 0.3) is 0 Å². The van der Waals surface area contributed by atoms with E-state index in [9.17, 15) is 18.7 Å². The molecule has 4 aromatic rings. The molecule has 3 N–H and O–H groups in total. The Morgan fingerprint density at radius 1 is 0.929 bits per heavy atom. The lowest BCUT2D eigenvalue weighted by Crippen LogP contribution is -2.07. The largest absolute Gasteiger partial charge is 0.478 e. The number of fused-ring (bicyclic) bond motifs is 1. The number of anilines is 1. The van der Waals surface area contributed by atoms with E-state index in [1.807, 2.05) is 0 Å². The molecule has 0 aliphatic rings. The van der Waals surface area contributed by atoms with E-state index in [1.54, 1.807) is 48.5 Å². The number of halogens is 2. The number of carbonyl (C=O) groups is 1. The summed E-state index contributed by atoms with van der Waals surface area (Å²) in [4.78, 5) is 16.3. The SMILES string of the molecule is Nc1c(-c2ccc(-c3ccc(F)cc3F)cc2)nc2ccccc2c1C(=O)O. The van der Waals surface area contributed by atoms with Crippen LogP contribution in [0.5, 0.6) is 0 Å². The minimum Gasteiger partial charge on any atom is -0.478 e. The summed E-state index contributed by atoms with van der Waals surface area (Å²) in [6, 6.07) is 16.9. The third-order valence-electron chi connectivity index (χ3n) is 4.54. The number of nitrogens with zero attached hydrogens (tertiary/aromatic N) is 1. The highest BCUT2D eigenvalue weighted by Gasteiger charge is 2.19. The molecule has 1 aromatic heterocycles. The summed E-state index contributed by atoms with van der Waals surface area (Å²) < 4.78 is 27.1. The molecule has 0 aliphatic heterocycles. The number of hydrogen-bond acceptors (Lipinski definition) is 3. The van der Waals surface area contributed by atoms with Gasteiger partial charge in [-0.3, -0.25) is 0 Å². The van der Waals surface area contributed by atoms with E-state index < -0.39 is 17.6 Å². The average molecular weight is 376 g/mol. The number of pyridine rings is 1. The van der Waals surface area contributed by atoms with Gasteiger partial charge in [-0.2, -0.15) is 0 Å². The van der Waals surface area contributed by atoms with Crippen LogP contribution in [0.4, 0.5) is 14.5 Å². The Morgan fingerprint density at radius 3 is 2.29 bits per heavy atom. The quantitative estimate of drug-likeness (QED) is 0.520. The topological polar surface area (TPSA) is 76.2 Å². The molecule has 1 heterocycles. The van der Waals surface area contributed by atoms with Crippen LogP contribution in [0, 0.1) is 11.6 Å². The van der Waals surface area contributed by atoms with Crippen molar-refractivity contribution >= 4 is 22.6 Å². The Kier molecular flexibility index (Phi) is 4.24. The van der Waals surface area contributed by atoms with Crippen LogP contribution < -0.4 is 5.73 Å². The molecule has 0 radical (unpaired) electrons. The molecule has 0 fully saturated rings. The molecule has 0 unspecified atom stereocenters. The summed E-state index contributed by atoms with van der Waals surface area (Å²) in [5, 5.41) is 10.1. The van der Waals surface area contributed by atoms with Crippen molar-refractivity contribution in [2.45, 2.75) is 0 Å². The summed E-state index contributed by atoms with van der Waals surface area (Å²) in [5.74, 6) is -2.45. The van der Waals surface area contributed by atoms with Gasteiger partial charge < -0.3 is 10.8 Å². The first-order valence-corrected chi connectivity index (χ1v) is 8.43. The fourth-order valence-corrected chi connectivity index (χ4v) is 3.21. The molecular weight excluding hydrogens is 362 g/mol. The van der Waals surface area contributed by atoms with Crippen molar-refractivity contribution in [3.63, 3.8) is 0 Å². The fourth-order valence-electron chi connectivity index (χ4n) is 3.21. The zero-order valence-electron chi connectivity index (χ0n) is 14.5. The predicted molar refractivity (Wildman–Crippen MR) is 104 cm³/mol. The van der Waals surface area contributed by atoms with Crippen LogP contribution in [0.25, 0.3) is 33.3 Å². The predicted octanol–water partition coefficient (Wildman–Crippen LogP) is 5.13. The fraction of sp³-hybridized carbons (Fsp3) is 0. The van der Waals surface area contributed by atoms with Gasteiger partial charge in [-0.1, -0.05) is 42.5 Å². The maximum absolute atomic E-state index is 14.0. The number of hydrogen-bond donors (Lipinski definition) is 2. The van der Waals surface area contributed by atoms with E-state index in [1.165, 1.54) is 12.1 Å². The summed E-state index contributed by atoms with van der Waals surface area (Å²) in [5.41, 5.74) is 8.44. The summed E-state index contributed by atoms with van der Waals surface area (Å²) in [6.45, 7) is 0. The molecule has 138 valence electrons. The van der Waals surface area contributed by atoms with Crippen LogP contribution in [0.3, 0.4) is 0 Å². The Labute approximate surface area is 158 Å². The van der Waals surface area contributed by atoms with Gasteiger partial charge in [-0.05, 0) is 23.8 Å². The minimum absolute atomic E-state index is 0.00532. The normalized spacial score (nSPS) is 10.9. The molecule has 3 aromatic carbocycles. The van der Waals surface area contributed by atoms with Crippen molar-refractivity contribution in [2.24, 2.45) is 0 Å². The lowest BCUT2D eigenvalue weighted by molar-refractivity contribution is 0.0700. The lowest BCUT2D eigenvalue weighted by atomic mass is 9.99. The summed E-state index contributed by atoms with van der Waals surface area (Å²) in [6.07, 6.45) is 0. The second-order valence-electron chi connectivity index (χ2n) is 6.27. The number of rotatable bonds is 3. The second kappa shape index (κ2) is 6.74. The zero-order valence-corrected chi connectivity index (χ0v) is 14.5. The first kappa shape index (κ1) is 17.6. The maximum atomic E-state index is 14.0. The molecule has 0 bridgehead atoms. The van der Waals surface area contributed by atoms with Crippen molar-refractivity contribution in [2.75, 3.05) is 5.73 Å². The van der Waals surface area contributed by atoms with Crippen LogP contribution in [0.1, 0.15) is 10.4 Å². The van der Waals surface area contributed by atoms with E-state index in [2.05, 4.69) is 4.98 Å². The Morgan fingerprint density at radius 2 is 1.61 bits per heavy atom. The van der Waals surface area contributed by atoms with Crippen molar-refractivity contribution < 1.29 is 18.7 Å². The van der Waals surface area contributed by atoms with Gasteiger partial charge >= 0.3 is 5.97 Å². The van der Waals surface area contributed by atoms with Gasteiger partial charge in [0.1, 0.15) is 11.6 Å². The summed E-state index contributed by atoms with van der Waals surface area (Å²) in [7, 11) is 0. The Hall–Kier alpha value is -3.80. The van der Waals surface area contributed by atoms with Crippen molar-refractivity contribution in [1.82, 2.24) is 4.98 Å².